The third-order valence-corrected chi connectivity index (χ3v) is 4.44. The summed E-state index contributed by atoms with van der Waals surface area (Å²) in [5, 5.41) is 9.27. The molecule has 2 N–H and O–H groups in total. The van der Waals surface area contributed by atoms with Crippen molar-refractivity contribution in [1.82, 2.24) is 9.47 Å². The van der Waals surface area contributed by atoms with E-state index in [1.165, 1.54) is 13.3 Å². The van der Waals surface area contributed by atoms with E-state index in [1.54, 1.807) is 10.6 Å². The number of aromatic nitrogens is 1. The molecule has 142 valence electrons. The molecule has 0 unspecified atom stereocenters. The molecule has 1 aromatic heterocycles. The molecule has 0 amide bonds. The Morgan fingerprint density at radius 3 is 2.78 bits per heavy atom. The van der Waals surface area contributed by atoms with Gasteiger partial charge in [0.1, 0.15) is 18.4 Å². The van der Waals surface area contributed by atoms with Gasteiger partial charge in [0.2, 0.25) is 0 Å². The van der Waals surface area contributed by atoms with Gasteiger partial charge in [-0.15, -0.1) is 0 Å². The molecule has 8 heteroatoms. The van der Waals surface area contributed by atoms with Crippen LogP contribution in [0.4, 0.5) is 5.69 Å². The number of anilines is 1. The molecule has 0 aliphatic carbocycles. The molecule has 0 radical (unpaired) electrons. The van der Waals surface area contributed by atoms with Crippen LogP contribution in [0.2, 0.25) is 0 Å². The number of nitrogens with two attached hydrogens (primary N) is 1. The summed E-state index contributed by atoms with van der Waals surface area (Å²) in [5.74, 6) is -0.0208. The van der Waals surface area contributed by atoms with Gasteiger partial charge < -0.3 is 24.5 Å². The molecule has 1 aliphatic heterocycles. The minimum Gasteiger partial charge on any atom is -0.490 e. The summed E-state index contributed by atoms with van der Waals surface area (Å²) in [6.45, 7) is 4.51. The van der Waals surface area contributed by atoms with E-state index in [2.05, 4.69) is 4.90 Å². The lowest BCUT2D eigenvalue weighted by Crippen LogP contribution is -2.38. The van der Waals surface area contributed by atoms with Crippen LogP contribution in [0, 0.1) is 11.3 Å². The number of hydrogen-bond donors (Lipinski definition) is 1. The topological polar surface area (TPSA) is 103 Å². The Morgan fingerprint density at radius 2 is 2.07 bits per heavy atom. The molecule has 3 rings (SSSR count). The predicted molar refractivity (Wildman–Crippen MR) is 99.0 cm³/mol. The molecule has 27 heavy (non-hydrogen) atoms. The highest BCUT2D eigenvalue weighted by atomic mass is 16.5. The first-order valence-corrected chi connectivity index (χ1v) is 8.67. The van der Waals surface area contributed by atoms with Gasteiger partial charge in [-0.1, -0.05) is 12.1 Å². The Balaban J connectivity index is 1.85. The number of nitrogen functional groups attached to an aromatic ring is 1. The fourth-order valence-corrected chi connectivity index (χ4v) is 2.99. The summed E-state index contributed by atoms with van der Waals surface area (Å²) < 4.78 is 17.7. The maximum Gasteiger partial charge on any atom is 0.357 e. The van der Waals surface area contributed by atoms with Gasteiger partial charge in [-0.25, -0.2) is 4.79 Å². The molecule has 0 atom stereocenters. The summed E-state index contributed by atoms with van der Waals surface area (Å²) >= 11 is 0. The highest BCUT2D eigenvalue weighted by Gasteiger charge is 2.23. The maximum atomic E-state index is 12.2. The first kappa shape index (κ1) is 18.8. The van der Waals surface area contributed by atoms with Crippen molar-refractivity contribution in [1.29, 1.82) is 5.26 Å². The highest BCUT2D eigenvalue weighted by Crippen LogP contribution is 2.30. The number of morpholine rings is 1. The third kappa shape index (κ3) is 4.05. The lowest BCUT2D eigenvalue weighted by Gasteiger charge is -2.26. The van der Waals surface area contributed by atoms with Crippen molar-refractivity contribution in [2.45, 2.75) is 0 Å². The Hall–Kier alpha value is -3.02. The number of rotatable bonds is 6. The van der Waals surface area contributed by atoms with E-state index in [-0.39, 0.29) is 16.9 Å². The van der Waals surface area contributed by atoms with Crippen LogP contribution in [0.25, 0.3) is 5.69 Å². The zero-order chi connectivity index (χ0) is 19.2. The molecule has 0 spiro atoms. The van der Waals surface area contributed by atoms with Crippen LogP contribution in [-0.2, 0) is 9.47 Å². The monoisotopic (exact) mass is 370 g/mol. The first-order valence-electron chi connectivity index (χ1n) is 8.67. The molecule has 1 fully saturated rings. The first-order chi connectivity index (χ1) is 13.2. The minimum absolute atomic E-state index is 0.0902. The van der Waals surface area contributed by atoms with E-state index >= 15 is 0 Å². The second-order valence-corrected chi connectivity index (χ2v) is 6.05. The summed E-state index contributed by atoms with van der Waals surface area (Å²) in [6.07, 6.45) is 1.52. The molecule has 0 saturated carbocycles. The Labute approximate surface area is 157 Å². The van der Waals surface area contributed by atoms with Gasteiger partial charge in [-0.05, 0) is 12.1 Å². The molecular formula is C19H22N4O4. The third-order valence-electron chi connectivity index (χ3n) is 4.44. The Morgan fingerprint density at radius 1 is 1.33 bits per heavy atom. The van der Waals surface area contributed by atoms with Crippen LogP contribution >= 0.6 is 0 Å². The lowest BCUT2D eigenvalue weighted by molar-refractivity contribution is 0.0322. The van der Waals surface area contributed by atoms with Crippen LogP contribution < -0.4 is 10.5 Å². The van der Waals surface area contributed by atoms with Gasteiger partial charge >= 0.3 is 5.97 Å². The number of esters is 1. The second kappa shape index (κ2) is 8.58. The van der Waals surface area contributed by atoms with E-state index in [0.717, 1.165) is 32.8 Å². The zero-order valence-electron chi connectivity index (χ0n) is 15.2. The molecule has 0 bridgehead atoms. The van der Waals surface area contributed by atoms with Crippen molar-refractivity contribution < 1.29 is 19.0 Å². The van der Waals surface area contributed by atoms with E-state index in [0.29, 0.717) is 18.0 Å². The van der Waals surface area contributed by atoms with Gasteiger partial charge in [-0.3, -0.25) is 4.90 Å². The van der Waals surface area contributed by atoms with Gasteiger partial charge in [-0.2, -0.15) is 5.26 Å². The van der Waals surface area contributed by atoms with Crippen molar-refractivity contribution >= 4 is 11.7 Å². The summed E-state index contributed by atoms with van der Waals surface area (Å²) in [6, 6.07) is 9.30. The number of carbonyl (C=O) groups is 1. The number of methoxy groups -OCH3 is 1. The maximum absolute atomic E-state index is 12.2. The summed E-state index contributed by atoms with van der Waals surface area (Å²) in [4.78, 5) is 14.5. The fraction of sp³-hybridized carbons (Fsp3) is 0.368. The van der Waals surface area contributed by atoms with E-state index < -0.39 is 5.97 Å². The summed E-state index contributed by atoms with van der Waals surface area (Å²) in [5.41, 5.74) is 7.00. The van der Waals surface area contributed by atoms with Crippen LogP contribution in [0.15, 0.2) is 30.5 Å². The molecule has 1 saturated heterocycles. The van der Waals surface area contributed by atoms with E-state index in [1.807, 2.05) is 24.3 Å². The molecule has 2 heterocycles. The average Bonchev–Trinajstić information content (AvgIpc) is 3.05. The number of para-hydroxylation sites is 2. The zero-order valence-corrected chi connectivity index (χ0v) is 15.2. The van der Waals surface area contributed by atoms with Crippen molar-refractivity contribution in [2.24, 2.45) is 0 Å². The Kier molecular flexibility index (Phi) is 5.96. The largest absolute Gasteiger partial charge is 0.490 e. The van der Waals surface area contributed by atoms with Gasteiger partial charge in [0.25, 0.3) is 0 Å². The van der Waals surface area contributed by atoms with Crippen molar-refractivity contribution in [3.8, 4) is 17.5 Å². The average molecular weight is 370 g/mol. The van der Waals surface area contributed by atoms with E-state index in [9.17, 15) is 10.1 Å². The second-order valence-electron chi connectivity index (χ2n) is 6.05. The molecule has 1 aliphatic rings. The van der Waals surface area contributed by atoms with Crippen LogP contribution in [-0.4, -0.2) is 62.0 Å². The number of benzene rings is 1. The molecule has 8 nitrogen and oxygen atoms in total. The van der Waals surface area contributed by atoms with Gasteiger partial charge in [0.05, 0.1) is 37.3 Å². The molecular weight excluding hydrogens is 348 g/mol. The van der Waals surface area contributed by atoms with E-state index in [4.69, 9.17) is 19.9 Å². The molecule has 2 aromatic rings. The SMILES string of the molecule is COC(=O)c1c(N)c(C#N)cn1-c1ccccc1OCCN1CCOCC1. The fourth-order valence-electron chi connectivity index (χ4n) is 2.99. The van der Waals surface area contributed by atoms with Crippen LogP contribution in [0.3, 0.4) is 0 Å². The van der Waals surface area contributed by atoms with Gasteiger partial charge in [0.15, 0.2) is 5.69 Å². The number of nitriles is 1. The molecule has 1 aromatic carbocycles. The number of ether oxygens (including phenoxy) is 3. The normalized spacial score (nSPS) is 14.5. The number of hydrogen-bond acceptors (Lipinski definition) is 7. The van der Waals surface area contributed by atoms with Crippen molar-refractivity contribution in [3.05, 3.63) is 41.7 Å². The van der Waals surface area contributed by atoms with Crippen molar-refractivity contribution in [2.75, 3.05) is 52.3 Å². The number of carbonyl (C=O) groups excluding carboxylic acids is 1. The smallest absolute Gasteiger partial charge is 0.357 e. The van der Waals surface area contributed by atoms with Gasteiger partial charge in [0, 0.05) is 25.8 Å². The quantitative estimate of drug-likeness (QED) is 0.767. The summed E-state index contributed by atoms with van der Waals surface area (Å²) in [7, 11) is 1.27. The highest BCUT2D eigenvalue weighted by molar-refractivity contribution is 5.96. The minimum atomic E-state index is -0.614. The number of nitrogens with zero attached hydrogens (tertiary/aromatic N) is 3. The predicted octanol–water partition coefficient (Wildman–Crippen LogP) is 1.43. The van der Waals surface area contributed by atoms with Crippen LogP contribution in [0.1, 0.15) is 16.1 Å². The standard InChI is InChI=1S/C19H22N4O4/c1-25-19(24)18-17(21)14(12-20)13-23(18)15-4-2-3-5-16(15)27-11-8-22-6-9-26-10-7-22/h2-5,13H,6-11,21H2,1H3. The van der Waals surface area contributed by atoms with Crippen molar-refractivity contribution in [3.63, 3.8) is 0 Å². The lowest BCUT2D eigenvalue weighted by atomic mass is 10.2. The Bertz CT molecular complexity index is 850. The van der Waals surface area contributed by atoms with Crippen LogP contribution in [0.5, 0.6) is 5.75 Å².